The number of benzene rings is 1. The van der Waals surface area contributed by atoms with Crippen molar-refractivity contribution in [3.63, 3.8) is 0 Å². The molecule has 104 valence electrons. The van der Waals surface area contributed by atoms with Crippen LogP contribution in [0.3, 0.4) is 0 Å². The number of aliphatic hydroxyl groups excluding tert-OH is 1. The number of nitrogens with zero attached hydrogens (tertiary/aromatic N) is 1. The van der Waals surface area contributed by atoms with Crippen LogP contribution in [0, 0.1) is 16.0 Å². The van der Waals surface area contributed by atoms with Gasteiger partial charge in [-0.05, 0) is 30.9 Å². The second-order valence-corrected chi connectivity index (χ2v) is 5.84. The van der Waals surface area contributed by atoms with E-state index in [4.69, 9.17) is 0 Å². The van der Waals surface area contributed by atoms with E-state index in [1.165, 1.54) is 6.07 Å². The van der Waals surface area contributed by atoms with E-state index in [0.717, 1.165) is 19.3 Å². The van der Waals surface area contributed by atoms with Gasteiger partial charge in [-0.3, -0.25) is 10.1 Å². The van der Waals surface area contributed by atoms with Gasteiger partial charge in [0.25, 0.3) is 5.69 Å². The zero-order chi connectivity index (χ0) is 13.8. The van der Waals surface area contributed by atoms with Gasteiger partial charge in [0.2, 0.25) is 0 Å². The fourth-order valence-electron chi connectivity index (χ4n) is 2.50. The Kier molecular flexibility index (Phi) is 4.90. The minimum Gasteiger partial charge on any atom is -0.393 e. The van der Waals surface area contributed by atoms with E-state index in [0.29, 0.717) is 23.1 Å². The fourth-order valence-corrected chi connectivity index (χ4v) is 2.85. The Morgan fingerprint density at radius 3 is 2.89 bits per heavy atom. The number of nitrogens with one attached hydrogen (secondary N) is 1. The van der Waals surface area contributed by atoms with Crippen LogP contribution in [0.5, 0.6) is 0 Å². The second-order valence-electron chi connectivity index (χ2n) is 4.92. The summed E-state index contributed by atoms with van der Waals surface area (Å²) in [6.45, 7) is 1.15. The highest BCUT2D eigenvalue weighted by atomic mass is 79.9. The molecule has 2 atom stereocenters. The average Bonchev–Trinajstić information content (AvgIpc) is 2.77. The highest BCUT2D eigenvalue weighted by Gasteiger charge is 2.24. The van der Waals surface area contributed by atoms with E-state index < -0.39 is 0 Å². The number of aliphatic hydroxyl groups is 1. The maximum absolute atomic E-state index is 11.0. The highest BCUT2D eigenvalue weighted by molar-refractivity contribution is 9.10. The molecule has 1 saturated carbocycles. The third-order valence-corrected chi connectivity index (χ3v) is 4.08. The first-order valence-electron chi connectivity index (χ1n) is 6.39. The van der Waals surface area contributed by atoms with Gasteiger partial charge in [0.05, 0.1) is 11.0 Å². The Labute approximate surface area is 120 Å². The number of nitro groups is 1. The summed E-state index contributed by atoms with van der Waals surface area (Å²) in [4.78, 5) is 10.6. The molecule has 0 amide bonds. The summed E-state index contributed by atoms with van der Waals surface area (Å²) in [6, 6.07) is 5.07. The van der Waals surface area contributed by atoms with Crippen molar-refractivity contribution >= 4 is 21.6 Å². The molecule has 0 radical (unpaired) electrons. The van der Waals surface area contributed by atoms with E-state index in [-0.39, 0.29) is 22.6 Å². The van der Waals surface area contributed by atoms with Crippen molar-refractivity contribution in [1.29, 1.82) is 0 Å². The molecular weight excluding hydrogens is 312 g/mol. The van der Waals surface area contributed by atoms with Gasteiger partial charge < -0.3 is 10.4 Å². The summed E-state index contributed by atoms with van der Waals surface area (Å²) in [5.74, 6) is 0.273. The van der Waals surface area contributed by atoms with E-state index in [9.17, 15) is 15.2 Å². The van der Waals surface area contributed by atoms with E-state index in [2.05, 4.69) is 21.2 Å². The van der Waals surface area contributed by atoms with Crippen molar-refractivity contribution in [2.75, 3.05) is 6.54 Å². The maximum Gasteiger partial charge on any atom is 0.275 e. The molecule has 1 aliphatic rings. The normalized spacial score (nSPS) is 22.6. The molecule has 0 heterocycles. The molecule has 1 aromatic rings. The van der Waals surface area contributed by atoms with Gasteiger partial charge in [-0.1, -0.05) is 22.4 Å². The Hall–Kier alpha value is -0.980. The number of rotatable bonds is 5. The van der Waals surface area contributed by atoms with Gasteiger partial charge >= 0.3 is 0 Å². The molecular formula is C13H17BrN2O3. The molecule has 0 saturated heterocycles. The van der Waals surface area contributed by atoms with Gasteiger partial charge in [0.15, 0.2) is 0 Å². The van der Waals surface area contributed by atoms with Crippen molar-refractivity contribution < 1.29 is 10.0 Å². The molecule has 1 aliphatic carbocycles. The number of hydrogen-bond acceptors (Lipinski definition) is 4. The monoisotopic (exact) mass is 328 g/mol. The van der Waals surface area contributed by atoms with Crippen molar-refractivity contribution in [3.05, 3.63) is 38.3 Å². The third kappa shape index (κ3) is 3.75. The molecule has 1 aromatic carbocycles. The van der Waals surface area contributed by atoms with Crippen LogP contribution in [0.15, 0.2) is 22.7 Å². The average molecular weight is 329 g/mol. The molecule has 0 aliphatic heterocycles. The first kappa shape index (κ1) is 14.4. The topological polar surface area (TPSA) is 75.4 Å². The Morgan fingerprint density at radius 2 is 2.26 bits per heavy atom. The number of nitro benzene ring substituents is 1. The van der Waals surface area contributed by atoms with E-state index in [1.54, 1.807) is 12.1 Å². The summed E-state index contributed by atoms with van der Waals surface area (Å²) in [7, 11) is 0. The zero-order valence-electron chi connectivity index (χ0n) is 10.5. The quantitative estimate of drug-likeness (QED) is 0.643. The summed E-state index contributed by atoms with van der Waals surface area (Å²) >= 11 is 3.24. The molecule has 2 unspecified atom stereocenters. The summed E-state index contributed by atoms with van der Waals surface area (Å²) < 4.78 is 0.703. The van der Waals surface area contributed by atoms with Crippen LogP contribution in [-0.4, -0.2) is 22.7 Å². The van der Waals surface area contributed by atoms with Crippen LogP contribution in [0.1, 0.15) is 24.8 Å². The van der Waals surface area contributed by atoms with Crippen LogP contribution in [0.4, 0.5) is 5.69 Å². The first-order chi connectivity index (χ1) is 9.08. The Bertz CT molecular complexity index is 467. The second kappa shape index (κ2) is 6.45. The maximum atomic E-state index is 11.0. The van der Waals surface area contributed by atoms with Crippen molar-refractivity contribution in [2.24, 2.45) is 5.92 Å². The predicted molar refractivity (Wildman–Crippen MR) is 75.9 cm³/mol. The third-order valence-electron chi connectivity index (χ3n) is 3.58. The number of halogens is 1. The fraction of sp³-hybridized carbons (Fsp3) is 0.538. The molecule has 0 bridgehead atoms. The van der Waals surface area contributed by atoms with Crippen LogP contribution >= 0.6 is 15.9 Å². The molecule has 0 aromatic heterocycles. The van der Waals surface area contributed by atoms with Crippen LogP contribution in [0.25, 0.3) is 0 Å². The van der Waals surface area contributed by atoms with E-state index in [1.807, 2.05) is 0 Å². The molecule has 5 nitrogen and oxygen atoms in total. The van der Waals surface area contributed by atoms with Crippen LogP contribution in [-0.2, 0) is 6.54 Å². The van der Waals surface area contributed by atoms with Gasteiger partial charge in [-0.2, -0.15) is 0 Å². The minimum absolute atomic E-state index is 0.119. The molecule has 2 N–H and O–H groups in total. The smallest absolute Gasteiger partial charge is 0.275 e. The lowest BCUT2D eigenvalue weighted by Gasteiger charge is -2.15. The van der Waals surface area contributed by atoms with E-state index >= 15 is 0 Å². The van der Waals surface area contributed by atoms with Crippen LogP contribution in [0.2, 0.25) is 0 Å². The standard InChI is InChI=1S/C13H17BrN2O3/c14-11-5-4-9(12(6-11)16(18)19)7-15-8-10-2-1-3-13(10)17/h4-6,10,13,15,17H,1-3,7-8H2. The predicted octanol–water partition coefficient (Wildman–Crippen LogP) is 2.61. The van der Waals surface area contributed by atoms with Gasteiger partial charge in [-0.15, -0.1) is 0 Å². The molecule has 2 rings (SSSR count). The highest BCUT2D eigenvalue weighted by Crippen LogP contribution is 2.26. The molecule has 19 heavy (non-hydrogen) atoms. The molecule has 6 heteroatoms. The largest absolute Gasteiger partial charge is 0.393 e. The summed E-state index contributed by atoms with van der Waals surface area (Å²) in [5.41, 5.74) is 0.787. The lowest BCUT2D eigenvalue weighted by molar-refractivity contribution is -0.385. The minimum atomic E-state index is -0.369. The zero-order valence-corrected chi connectivity index (χ0v) is 12.1. The van der Waals surface area contributed by atoms with Gasteiger partial charge in [0, 0.05) is 29.2 Å². The van der Waals surface area contributed by atoms with Crippen molar-refractivity contribution in [2.45, 2.75) is 31.9 Å². The van der Waals surface area contributed by atoms with Crippen molar-refractivity contribution in [3.8, 4) is 0 Å². The summed E-state index contributed by atoms with van der Waals surface area (Å²) in [5, 5.41) is 23.9. The summed E-state index contributed by atoms with van der Waals surface area (Å²) in [6.07, 6.45) is 2.72. The molecule has 0 spiro atoms. The SMILES string of the molecule is O=[N+]([O-])c1cc(Br)ccc1CNCC1CCCC1O. The first-order valence-corrected chi connectivity index (χ1v) is 7.19. The van der Waals surface area contributed by atoms with Crippen LogP contribution < -0.4 is 5.32 Å². The van der Waals surface area contributed by atoms with Gasteiger partial charge in [0.1, 0.15) is 0 Å². The van der Waals surface area contributed by atoms with Gasteiger partial charge in [-0.25, -0.2) is 0 Å². The Balaban J connectivity index is 1.94. The lowest BCUT2D eigenvalue weighted by Crippen LogP contribution is -2.27. The van der Waals surface area contributed by atoms with Crippen molar-refractivity contribution in [1.82, 2.24) is 5.32 Å². The lowest BCUT2D eigenvalue weighted by atomic mass is 10.1. The molecule has 1 fully saturated rings. The Morgan fingerprint density at radius 1 is 1.47 bits per heavy atom. The number of hydrogen-bond donors (Lipinski definition) is 2.